The van der Waals surface area contributed by atoms with Crippen LogP contribution in [0.3, 0.4) is 0 Å². The number of nitrogens with one attached hydrogen (secondary N) is 1. The number of aromatic nitrogens is 1. The fraction of sp³-hybridized carbons (Fsp3) is 0.0667. The lowest BCUT2D eigenvalue weighted by atomic mass is 10.2. The number of benzene rings is 2. The van der Waals surface area contributed by atoms with Gasteiger partial charge in [0.2, 0.25) is 0 Å². The predicted molar refractivity (Wildman–Crippen MR) is 82.2 cm³/mol. The van der Waals surface area contributed by atoms with Crippen LogP contribution in [0, 0.1) is 0 Å². The molecule has 0 saturated carbocycles. The Labute approximate surface area is 125 Å². The molecule has 20 heavy (non-hydrogen) atoms. The van der Waals surface area contributed by atoms with E-state index in [1.165, 1.54) is 0 Å². The maximum atomic E-state index is 12.0. The minimum atomic E-state index is -0.147. The summed E-state index contributed by atoms with van der Waals surface area (Å²) in [6, 6.07) is 14.8. The molecule has 2 aromatic carbocycles. The molecule has 3 nitrogen and oxygen atoms in total. The van der Waals surface area contributed by atoms with Crippen molar-refractivity contribution in [2.24, 2.45) is 0 Å². The van der Waals surface area contributed by atoms with Gasteiger partial charge in [-0.05, 0) is 30.3 Å². The molecule has 0 saturated heterocycles. The highest BCUT2D eigenvalue weighted by atomic mass is 35.5. The molecule has 100 valence electrons. The van der Waals surface area contributed by atoms with Crippen LogP contribution >= 0.6 is 22.9 Å². The summed E-state index contributed by atoms with van der Waals surface area (Å²) in [6.45, 7) is 0.421. The van der Waals surface area contributed by atoms with Crippen LogP contribution in [-0.2, 0) is 6.54 Å². The molecule has 3 rings (SSSR count). The number of fused-ring (bicyclic) bond motifs is 1. The summed E-state index contributed by atoms with van der Waals surface area (Å²) in [7, 11) is 0. The molecule has 0 atom stereocenters. The summed E-state index contributed by atoms with van der Waals surface area (Å²) >= 11 is 7.45. The van der Waals surface area contributed by atoms with Gasteiger partial charge in [-0.2, -0.15) is 0 Å². The minimum Gasteiger partial charge on any atom is -0.346 e. The number of carbonyl (C=O) groups excluding carboxylic acids is 1. The highest BCUT2D eigenvalue weighted by molar-refractivity contribution is 7.18. The van der Waals surface area contributed by atoms with Crippen molar-refractivity contribution in [3.63, 3.8) is 0 Å². The average Bonchev–Trinajstić information content (AvgIpc) is 2.87. The van der Waals surface area contributed by atoms with Crippen molar-refractivity contribution in [1.29, 1.82) is 0 Å². The van der Waals surface area contributed by atoms with Gasteiger partial charge in [-0.15, -0.1) is 11.3 Å². The van der Waals surface area contributed by atoms with Crippen LogP contribution < -0.4 is 5.32 Å². The molecule has 1 aromatic heterocycles. The summed E-state index contributed by atoms with van der Waals surface area (Å²) in [5.74, 6) is -0.147. The first kappa shape index (κ1) is 13.1. The van der Waals surface area contributed by atoms with Gasteiger partial charge in [-0.3, -0.25) is 4.79 Å². The fourth-order valence-electron chi connectivity index (χ4n) is 1.88. The second-order valence-electron chi connectivity index (χ2n) is 4.27. The highest BCUT2D eigenvalue weighted by Gasteiger charge is 2.08. The molecule has 1 amide bonds. The van der Waals surface area contributed by atoms with E-state index in [1.54, 1.807) is 35.6 Å². The van der Waals surface area contributed by atoms with E-state index in [1.807, 2.05) is 24.3 Å². The van der Waals surface area contributed by atoms with Crippen LogP contribution in [0.2, 0.25) is 5.02 Å². The van der Waals surface area contributed by atoms with Crippen molar-refractivity contribution in [2.75, 3.05) is 0 Å². The van der Waals surface area contributed by atoms with Crippen molar-refractivity contribution >= 4 is 39.1 Å². The first-order chi connectivity index (χ1) is 9.72. The number of hydrogen-bond acceptors (Lipinski definition) is 3. The highest BCUT2D eigenvalue weighted by Crippen LogP contribution is 2.21. The lowest BCUT2D eigenvalue weighted by molar-refractivity contribution is 0.0951. The quantitative estimate of drug-likeness (QED) is 0.798. The van der Waals surface area contributed by atoms with Gasteiger partial charge in [-0.25, -0.2) is 4.98 Å². The van der Waals surface area contributed by atoms with Gasteiger partial charge in [-0.1, -0.05) is 29.8 Å². The molecule has 3 aromatic rings. The molecular formula is C15H11ClN2OS. The zero-order valence-electron chi connectivity index (χ0n) is 10.5. The summed E-state index contributed by atoms with van der Waals surface area (Å²) in [4.78, 5) is 16.5. The van der Waals surface area contributed by atoms with E-state index in [0.29, 0.717) is 17.1 Å². The number of rotatable bonds is 3. The zero-order chi connectivity index (χ0) is 13.9. The van der Waals surface area contributed by atoms with Crippen LogP contribution in [0.5, 0.6) is 0 Å². The van der Waals surface area contributed by atoms with E-state index in [-0.39, 0.29) is 5.91 Å². The Hall–Kier alpha value is -1.91. The van der Waals surface area contributed by atoms with Crippen molar-refractivity contribution in [3.8, 4) is 0 Å². The molecule has 0 unspecified atom stereocenters. The summed E-state index contributed by atoms with van der Waals surface area (Å²) in [6.07, 6.45) is 0. The lowest BCUT2D eigenvalue weighted by Crippen LogP contribution is -2.22. The van der Waals surface area contributed by atoms with Crippen LogP contribution in [0.4, 0.5) is 0 Å². The maximum absolute atomic E-state index is 12.0. The zero-order valence-corrected chi connectivity index (χ0v) is 12.0. The number of nitrogens with zero attached hydrogens (tertiary/aromatic N) is 1. The number of amides is 1. The van der Waals surface area contributed by atoms with E-state index >= 15 is 0 Å². The molecule has 0 bridgehead atoms. The fourth-order valence-corrected chi connectivity index (χ4v) is 2.98. The van der Waals surface area contributed by atoms with Gasteiger partial charge < -0.3 is 5.32 Å². The van der Waals surface area contributed by atoms with Crippen molar-refractivity contribution < 1.29 is 4.79 Å². The number of hydrogen-bond donors (Lipinski definition) is 1. The molecule has 1 N–H and O–H groups in total. The lowest BCUT2D eigenvalue weighted by Gasteiger charge is -2.03. The van der Waals surface area contributed by atoms with Crippen LogP contribution in [0.15, 0.2) is 48.5 Å². The Morgan fingerprint density at radius 1 is 1.20 bits per heavy atom. The monoisotopic (exact) mass is 302 g/mol. The average molecular weight is 303 g/mol. The Morgan fingerprint density at radius 3 is 2.85 bits per heavy atom. The molecule has 0 aliphatic rings. The van der Waals surface area contributed by atoms with E-state index in [2.05, 4.69) is 10.3 Å². The normalized spacial score (nSPS) is 10.7. The summed E-state index contributed by atoms with van der Waals surface area (Å²) < 4.78 is 1.12. The van der Waals surface area contributed by atoms with Gasteiger partial charge in [0.25, 0.3) is 5.91 Å². The minimum absolute atomic E-state index is 0.147. The summed E-state index contributed by atoms with van der Waals surface area (Å²) in [5.41, 5.74) is 1.52. The Bertz CT molecular complexity index is 736. The maximum Gasteiger partial charge on any atom is 0.251 e. The largest absolute Gasteiger partial charge is 0.346 e. The molecule has 5 heteroatoms. The molecule has 0 aliphatic carbocycles. The smallest absolute Gasteiger partial charge is 0.251 e. The third kappa shape index (κ3) is 2.81. The van der Waals surface area contributed by atoms with Gasteiger partial charge in [0.1, 0.15) is 5.01 Å². The van der Waals surface area contributed by atoms with Crippen molar-refractivity contribution in [3.05, 3.63) is 64.1 Å². The van der Waals surface area contributed by atoms with E-state index in [9.17, 15) is 4.79 Å². The topological polar surface area (TPSA) is 42.0 Å². The molecule has 0 spiro atoms. The predicted octanol–water partition coefficient (Wildman–Crippen LogP) is 3.88. The van der Waals surface area contributed by atoms with E-state index in [0.717, 1.165) is 15.2 Å². The SMILES string of the molecule is O=C(NCc1nc2ccccc2s1)c1cccc(Cl)c1. The number of halogens is 1. The van der Waals surface area contributed by atoms with E-state index < -0.39 is 0 Å². The van der Waals surface area contributed by atoms with Crippen molar-refractivity contribution in [2.45, 2.75) is 6.54 Å². The van der Waals surface area contributed by atoms with Gasteiger partial charge in [0, 0.05) is 10.6 Å². The van der Waals surface area contributed by atoms with Crippen LogP contribution in [-0.4, -0.2) is 10.9 Å². The third-order valence-electron chi connectivity index (χ3n) is 2.83. The Morgan fingerprint density at radius 2 is 2.05 bits per heavy atom. The standard InChI is InChI=1S/C15H11ClN2OS/c16-11-5-3-4-10(8-11)15(19)17-9-14-18-12-6-1-2-7-13(12)20-14/h1-8H,9H2,(H,17,19). The first-order valence-corrected chi connectivity index (χ1v) is 7.30. The van der Waals surface area contributed by atoms with Crippen LogP contribution in [0.1, 0.15) is 15.4 Å². The first-order valence-electron chi connectivity index (χ1n) is 6.10. The second-order valence-corrected chi connectivity index (χ2v) is 5.82. The van der Waals surface area contributed by atoms with Crippen molar-refractivity contribution in [1.82, 2.24) is 10.3 Å². The number of para-hydroxylation sites is 1. The number of thiazole rings is 1. The number of carbonyl (C=O) groups is 1. The molecule has 0 aliphatic heterocycles. The van der Waals surface area contributed by atoms with Crippen LogP contribution in [0.25, 0.3) is 10.2 Å². The molecule has 0 radical (unpaired) electrons. The molecule has 1 heterocycles. The van der Waals surface area contributed by atoms with Gasteiger partial charge in [0.15, 0.2) is 0 Å². The Kier molecular flexibility index (Phi) is 3.67. The van der Waals surface area contributed by atoms with Gasteiger partial charge in [0.05, 0.1) is 16.8 Å². The Balaban J connectivity index is 1.71. The summed E-state index contributed by atoms with van der Waals surface area (Å²) in [5, 5.41) is 4.30. The second kappa shape index (κ2) is 5.61. The van der Waals surface area contributed by atoms with Gasteiger partial charge >= 0.3 is 0 Å². The van der Waals surface area contributed by atoms with E-state index in [4.69, 9.17) is 11.6 Å². The molecule has 0 fully saturated rings. The molecular weight excluding hydrogens is 292 g/mol. The third-order valence-corrected chi connectivity index (χ3v) is 4.10.